The first-order chi connectivity index (χ1) is 16.0. The zero-order valence-electron chi connectivity index (χ0n) is 19.3. The van der Waals surface area contributed by atoms with E-state index >= 15 is 0 Å². The number of amides is 3. The molecule has 0 heterocycles. The number of nitrogens with two attached hydrogens (primary N) is 1. The molecule has 2 aromatic rings. The lowest BCUT2D eigenvalue weighted by atomic mass is 9.98. The van der Waals surface area contributed by atoms with Gasteiger partial charge >= 0.3 is 0 Å². The monoisotopic (exact) mass is 455 g/mol. The molecule has 0 spiro atoms. The van der Waals surface area contributed by atoms with Gasteiger partial charge in [-0.3, -0.25) is 19.3 Å². The molecule has 8 heteroatoms. The number of ether oxygens (including phenoxy) is 1. The van der Waals surface area contributed by atoms with Gasteiger partial charge in [-0.2, -0.15) is 0 Å². The molecule has 0 saturated carbocycles. The Bertz CT molecular complexity index is 976. The van der Waals surface area contributed by atoms with Crippen LogP contribution in [0.2, 0.25) is 0 Å². The number of aryl methyl sites for hydroxylation is 1. The van der Waals surface area contributed by atoms with Gasteiger partial charge in [0.2, 0.25) is 12.3 Å². The Balaban J connectivity index is 2.30. The van der Waals surface area contributed by atoms with Gasteiger partial charge in [0.15, 0.2) is 0 Å². The van der Waals surface area contributed by atoms with Crippen LogP contribution in [-0.4, -0.2) is 55.7 Å². The number of nitrogens with zero attached hydrogens (tertiary/aromatic N) is 1. The Kier molecular flexibility index (Phi) is 10.5. The van der Waals surface area contributed by atoms with Gasteiger partial charge in [0.25, 0.3) is 5.91 Å². The smallest absolute Gasteiger partial charge is 0.261 e. The molecule has 0 aliphatic carbocycles. The van der Waals surface area contributed by atoms with Crippen LogP contribution in [0.5, 0.6) is 5.75 Å². The molecule has 1 unspecified atom stereocenters. The number of carbonyl (C=O) groups excluding carboxylic acids is 4. The topological polar surface area (TPSA) is 119 Å². The highest BCUT2D eigenvalue weighted by Crippen LogP contribution is 2.29. The van der Waals surface area contributed by atoms with E-state index in [2.05, 4.69) is 5.32 Å². The number of aldehydes is 1. The van der Waals surface area contributed by atoms with E-state index in [1.807, 2.05) is 25.1 Å². The minimum absolute atomic E-state index is 0.0528. The molecule has 0 radical (unpaired) electrons. The Morgan fingerprint density at radius 1 is 1.15 bits per heavy atom. The average molecular weight is 456 g/mol. The second kappa shape index (κ2) is 13.3. The summed E-state index contributed by atoms with van der Waals surface area (Å²) in [6.07, 6.45) is 5.21. The minimum Gasteiger partial charge on any atom is -0.494 e. The van der Waals surface area contributed by atoms with E-state index in [1.165, 1.54) is 7.05 Å². The number of imide groups is 1. The molecule has 3 amide bonds. The van der Waals surface area contributed by atoms with Crippen molar-refractivity contribution in [2.45, 2.75) is 51.5 Å². The first-order valence-electron chi connectivity index (χ1n) is 11.3. The van der Waals surface area contributed by atoms with E-state index in [0.717, 1.165) is 41.5 Å². The summed E-state index contributed by atoms with van der Waals surface area (Å²) in [5.74, 6) is -0.381. The second-order valence-electron chi connectivity index (χ2n) is 7.89. The molecule has 2 rings (SSSR count). The molecular weight excluding hydrogens is 422 g/mol. The number of hydrogen-bond acceptors (Lipinski definition) is 6. The van der Waals surface area contributed by atoms with Gasteiger partial charge in [0, 0.05) is 19.0 Å². The number of likely N-dealkylation sites (N-methyl/N-ethyl adjacent to an activating group) is 1. The number of fused-ring (bicyclic) bond motifs is 1. The molecule has 0 aromatic heterocycles. The highest BCUT2D eigenvalue weighted by Gasteiger charge is 2.30. The zero-order valence-corrected chi connectivity index (χ0v) is 19.3. The fourth-order valence-electron chi connectivity index (χ4n) is 3.85. The molecule has 2 aromatic carbocycles. The van der Waals surface area contributed by atoms with Gasteiger partial charge in [-0.05, 0) is 67.3 Å². The number of rotatable bonds is 14. The SMILES string of the molecule is CNC(=O)C(CCC=O)N(C=O)C(=O)c1cccc2cc(OCCCCCCN)cc(C)c12. The second-order valence-corrected chi connectivity index (χ2v) is 7.89. The van der Waals surface area contributed by atoms with Crippen LogP contribution in [0.25, 0.3) is 10.8 Å². The summed E-state index contributed by atoms with van der Waals surface area (Å²) < 4.78 is 5.90. The molecule has 3 N–H and O–H groups in total. The molecule has 178 valence electrons. The summed E-state index contributed by atoms with van der Waals surface area (Å²) in [6, 6.07) is 7.91. The highest BCUT2D eigenvalue weighted by molar-refractivity contribution is 6.12. The molecule has 33 heavy (non-hydrogen) atoms. The lowest BCUT2D eigenvalue weighted by molar-refractivity contribution is -0.131. The molecule has 0 bridgehead atoms. The van der Waals surface area contributed by atoms with Crippen LogP contribution in [0.3, 0.4) is 0 Å². The lowest BCUT2D eigenvalue weighted by Crippen LogP contribution is -2.48. The van der Waals surface area contributed by atoms with Crippen LogP contribution >= 0.6 is 0 Å². The summed E-state index contributed by atoms with van der Waals surface area (Å²) in [6.45, 7) is 3.17. The van der Waals surface area contributed by atoms with Crippen molar-refractivity contribution in [2.24, 2.45) is 5.73 Å². The average Bonchev–Trinajstić information content (AvgIpc) is 2.82. The van der Waals surface area contributed by atoms with E-state index < -0.39 is 17.9 Å². The minimum atomic E-state index is -1.07. The number of carbonyl (C=O) groups is 4. The Labute approximate surface area is 194 Å². The maximum atomic E-state index is 13.3. The van der Waals surface area contributed by atoms with Crippen molar-refractivity contribution in [3.8, 4) is 5.75 Å². The maximum Gasteiger partial charge on any atom is 0.261 e. The third kappa shape index (κ3) is 6.86. The van der Waals surface area contributed by atoms with Crippen LogP contribution in [0, 0.1) is 6.92 Å². The highest BCUT2D eigenvalue weighted by atomic mass is 16.5. The van der Waals surface area contributed by atoms with E-state index in [0.29, 0.717) is 42.5 Å². The quantitative estimate of drug-likeness (QED) is 0.334. The standard InChI is InChI=1S/C25H33N3O5/c1-18-15-20(33-14-6-4-3-5-12-26)16-19-9-7-10-21(23(18)19)25(32)28(17-30)22(11-8-13-29)24(31)27-2/h7,9-10,13,15-17,22H,3-6,8,11-12,14,26H2,1-2H3,(H,27,31). The summed E-state index contributed by atoms with van der Waals surface area (Å²) in [4.78, 5) is 49.2. The molecular formula is C25H33N3O5. The lowest BCUT2D eigenvalue weighted by Gasteiger charge is -2.25. The molecule has 0 saturated heterocycles. The molecule has 1 atom stereocenters. The van der Waals surface area contributed by atoms with Gasteiger partial charge in [-0.25, -0.2) is 0 Å². The van der Waals surface area contributed by atoms with Crippen molar-refractivity contribution in [3.63, 3.8) is 0 Å². The molecule has 8 nitrogen and oxygen atoms in total. The van der Waals surface area contributed by atoms with Crippen LogP contribution < -0.4 is 15.8 Å². The van der Waals surface area contributed by atoms with E-state index in [-0.39, 0.29) is 12.8 Å². The van der Waals surface area contributed by atoms with Crippen molar-refractivity contribution in [2.75, 3.05) is 20.2 Å². The Morgan fingerprint density at radius 2 is 1.91 bits per heavy atom. The fraction of sp³-hybridized carbons (Fsp3) is 0.440. The van der Waals surface area contributed by atoms with Crippen molar-refractivity contribution in [1.29, 1.82) is 0 Å². The van der Waals surface area contributed by atoms with Crippen LogP contribution in [0.15, 0.2) is 30.3 Å². The number of benzene rings is 2. The van der Waals surface area contributed by atoms with Crippen LogP contribution in [0.1, 0.15) is 54.4 Å². The first-order valence-corrected chi connectivity index (χ1v) is 11.3. The number of unbranched alkanes of at least 4 members (excludes halogenated alkanes) is 3. The summed E-state index contributed by atoms with van der Waals surface area (Å²) in [5.41, 5.74) is 6.65. The van der Waals surface area contributed by atoms with E-state index in [1.54, 1.807) is 12.1 Å². The first kappa shape index (κ1) is 26.0. The van der Waals surface area contributed by atoms with E-state index in [9.17, 15) is 19.2 Å². The summed E-state index contributed by atoms with van der Waals surface area (Å²) in [5, 5.41) is 3.95. The third-order valence-corrected chi connectivity index (χ3v) is 5.54. The summed E-state index contributed by atoms with van der Waals surface area (Å²) in [7, 11) is 1.42. The number of hydrogen-bond donors (Lipinski definition) is 2. The zero-order chi connectivity index (χ0) is 24.2. The van der Waals surface area contributed by atoms with Gasteiger partial charge < -0.3 is 20.6 Å². The van der Waals surface area contributed by atoms with Crippen molar-refractivity contribution in [1.82, 2.24) is 10.2 Å². The van der Waals surface area contributed by atoms with E-state index in [4.69, 9.17) is 10.5 Å². The van der Waals surface area contributed by atoms with Crippen molar-refractivity contribution in [3.05, 3.63) is 41.5 Å². The Hall–Kier alpha value is -3.26. The predicted molar refractivity (Wildman–Crippen MR) is 127 cm³/mol. The van der Waals surface area contributed by atoms with Crippen LogP contribution in [0.4, 0.5) is 0 Å². The number of nitrogens with one attached hydrogen (secondary N) is 1. The molecule has 0 aliphatic heterocycles. The third-order valence-electron chi connectivity index (χ3n) is 5.54. The Morgan fingerprint density at radius 3 is 2.58 bits per heavy atom. The van der Waals surface area contributed by atoms with Crippen molar-refractivity contribution < 1.29 is 23.9 Å². The predicted octanol–water partition coefficient (Wildman–Crippen LogP) is 2.74. The fourth-order valence-corrected chi connectivity index (χ4v) is 3.85. The summed E-state index contributed by atoms with van der Waals surface area (Å²) >= 11 is 0. The normalized spacial score (nSPS) is 11.6. The maximum absolute atomic E-state index is 13.3. The van der Waals surface area contributed by atoms with Gasteiger partial charge in [0.05, 0.1) is 6.61 Å². The molecule has 0 fully saturated rings. The van der Waals surface area contributed by atoms with Crippen molar-refractivity contribution >= 4 is 35.3 Å². The van der Waals surface area contributed by atoms with Gasteiger partial charge in [0.1, 0.15) is 18.1 Å². The largest absolute Gasteiger partial charge is 0.494 e. The van der Waals surface area contributed by atoms with Crippen LogP contribution in [-0.2, 0) is 14.4 Å². The van der Waals surface area contributed by atoms with Gasteiger partial charge in [-0.1, -0.05) is 25.0 Å². The molecule has 0 aliphatic rings. The van der Waals surface area contributed by atoms with Gasteiger partial charge in [-0.15, -0.1) is 0 Å².